The summed E-state index contributed by atoms with van der Waals surface area (Å²) >= 11 is 0. The molecular formula is C17H22N6O2. The lowest BCUT2D eigenvalue weighted by Gasteiger charge is -2.31. The van der Waals surface area contributed by atoms with Crippen molar-refractivity contribution in [3.05, 3.63) is 42.5 Å². The van der Waals surface area contributed by atoms with Gasteiger partial charge < -0.3 is 14.8 Å². The highest BCUT2D eigenvalue weighted by atomic mass is 16.2. The molecule has 25 heavy (non-hydrogen) atoms. The number of carbonyl (C=O) groups is 2. The van der Waals surface area contributed by atoms with Crippen molar-refractivity contribution in [1.29, 1.82) is 0 Å². The largest absolute Gasteiger partial charge is 0.349 e. The summed E-state index contributed by atoms with van der Waals surface area (Å²) in [5.41, 5.74) is 1.72. The van der Waals surface area contributed by atoms with E-state index in [-0.39, 0.29) is 24.3 Å². The molecule has 1 aliphatic heterocycles. The minimum atomic E-state index is -0.0963. The second kappa shape index (κ2) is 7.87. The van der Waals surface area contributed by atoms with Crippen molar-refractivity contribution in [2.75, 3.05) is 13.1 Å². The van der Waals surface area contributed by atoms with E-state index in [9.17, 15) is 9.59 Å². The third-order valence-corrected chi connectivity index (χ3v) is 4.47. The van der Waals surface area contributed by atoms with E-state index in [1.54, 1.807) is 42.6 Å². The number of amides is 2. The van der Waals surface area contributed by atoms with Crippen LogP contribution in [0.3, 0.4) is 0 Å². The first-order chi connectivity index (χ1) is 12.1. The number of aromatic nitrogens is 4. The fourth-order valence-corrected chi connectivity index (χ4v) is 3.11. The standard InChI is InChI=1S/C17H22N6O2/c1-13(24)23-7-2-14(3-8-23)17-15(19-4-5-20-17)10-21-16(25)11-22-9-6-18-12-22/h4-6,9,12,14H,2-3,7-8,10-11H2,1H3,(H,21,25). The molecule has 0 bridgehead atoms. The molecule has 132 valence electrons. The predicted molar refractivity (Wildman–Crippen MR) is 90.3 cm³/mol. The van der Waals surface area contributed by atoms with Crippen LogP contribution < -0.4 is 5.32 Å². The van der Waals surface area contributed by atoms with Gasteiger partial charge in [-0.2, -0.15) is 0 Å². The molecule has 0 unspecified atom stereocenters. The Balaban J connectivity index is 1.59. The van der Waals surface area contributed by atoms with Crippen LogP contribution in [0.15, 0.2) is 31.1 Å². The number of imidazole rings is 1. The molecule has 1 saturated heterocycles. The first kappa shape index (κ1) is 17.1. The number of hydrogen-bond acceptors (Lipinski definition) is 5. The van der Waals surface area contributed by atoms with Gasteiger partial charge in [0, 0.05) is 50.7 Å². The summed E-state index contributed by atoms with van der Waals surface area (Å²) in [6.45, 7) is 3.66. The zero-order chi connectivity index (χ0) is 17.6. The van der Waals surface area contributed by atoms with Gasteiger partial charge in [0.05, 0.1) is 24.3 Å². The van der Waals surface area contributed by atoms with Crippen LogP contribution in [-0.4, -0.2) is 49.3 Å². The lowest BCUT2D eigenvalue weighted by atomic mass is 9.92. The number of rotatable bonds is 5. The van der Waals surface area contributed by atoms with Gasteiger partial charge in [-0.05, 0) is 12.8 Å². The van der Waals surface area contributed by atoms with Gasteiger partial charge in [-0.3, -0.25) is 19.6 Å². The number of hydrogen-bond donors (Lipinski definition) is 1. The molecule has 0 aliphatic carbocycles. The first-order valence-corrected chi connectivity index (χ1v) is 8.41. The highest BCUT2D eigenvalue weighted by Gasteiger charge is 2.25. The maximum atomic E-state index is 12.0. The van der Waals surface area contributed by atoms with Gasteiger partial charge in [0.25, 0.3) is 0 Å². The maximum absolute atomic E-state index is 12.0. The van der Waals surface area contributed by atoms with Gasteiger partial charge in [-0.15, -0.1) is 0 Å². The van der Waals surface area contributed by atoms with E-state index in [2.05, 4.69) is 20.3 Å². The summed E-state index contributed by atoms with van der Waals surface area (Å²) in [7, 11) is 0. The summed E-state index contributed by atoms with van der Waals surface area (Å²) in [6, 6.07) is 0. The SMILES string of the molecule is CC(=O)N1CCC(c2nccnc2CNC(=O)Cn2ccnc2)CC1. The second-order valence-electron chi connectivity index (χ2n) is 6.18. The molecule has 0 spiro atoms. The Labute approximate surface area is 146 Å². The van der Waals surface area contributed by atoms with Gasteiger partial charge >= 0.3 is 0 Å². The van der Waals surface area contributed by atoms with Crippen LogP contribution in [0.1, 0.15) is 37.1 Å². The van der Waals surface area contributed by atoms with E-state index in [0.29, 0.717) is 6.54 Å². The van der Waals surface area contributed by atoms with Crippen LogP contribution >= 0.6 is 0 Å². The van der Waals surface area contributed by atoms with Gasteiger partial charge in [-0.25, -0.2) is 4.98 Å². The zero-order valence-corrected chi connectivity index (χ0v) is 14.3. The Hall–Kier alpha value is -2.77. The van der Waals surface area contributed by atoms with Crippen LogP contribution in [0.5, 0.6) is 0 Å². The van der Waals surface area contributed by atoms with E-state index in [4.69, 9.17) is 0 Å². The van der Waals surface area contributed by atoms with E-state index < -0.39 is 0 Å². The Bertz CT molecular complexity index is 722. The predicted octanol–water partition coefficient (Wildman–Crippen LogP) is 0.715. The smallest absolute Gasteiger partial charge is 0.240 e. The summed E-state index contributed by atoms with van der Waals surface area (Å²) < 4.78 is 1.71. The van der Waals surface area contributed by atoms with Crippen LogP contribution in [-0.2, 0) is 22.7 Å². The van der Waals surface area contributed by atoms with Crippen molar-refractivity contribution in [2.24, 2.45) is 0 Å². The Morgan fingerprint density at radius 1 is 1.20 bits per heavy atom. The molecular weight excluding hydrogens is 320 g/mol. The lowest BCUT2D eigenvalue weighted by Crippen LogP contribution is -2.37. The summed E-state index contributed by atoms with van der Waals surface area (Å²) in [5, 5.41) is 2.89. The quantitative estimate of drug-likeness (QED) is 0.864. The van der Waals surface area contributed by atoms with Gasteiger partial charge in [-0.1, -0.05) is 0 Å². The molecule has 2 amide bonds. The summed E-state index contributed by atoms with van der Waals surface area (Å²) in [4.78, 5) is 38.2. The third kappa shape index (κ3) is 4.40. The normalized spacial score (nSPS) is 15.2. The number of nitrogens with one attached hydrogen (secondary N) is 1. The number of likely N-dealkylation sites (tertiary alicyclic amines) is 1. The van der Waals surface area contributed by atoms with Crippen molar-refractivity contribution in [1.82, 2.24) is 29.7 Å². The van der Waals surface area contributed by atoms with E-state index in [0.717, 1.165) is 37.3 Å². The minimum absolute atomic E-state index is 0.0963. The molecule has 1 aliphatic rings. The van der Waals surface area contributed by atoms with Gasteiger partial charge in [0.1, 0.15) is 6.54 Å². The molecule has 0 saturated carbocycles. The Kier molecular flexibility index (Phi) is 5.37. The fourth-order valence-electron chi connectivity index (χ4n) is 3.11. The monoisotopic (exact) mass is 342 g/mol. The van der Waals surface area contributed by atoms with E-state index in [1.165, 1.54) is 0 Å². The zero-order valence-electron chi connectivity index (χ0n) is 14.3. The lowest BCUT2D eigenvalue weighted by molar-refractivity contribution is -0.129. The molecule has 8 heteroatoms. The molecule has 8 nitrogen and oxygen atoms in total. The van der Waals surface area contributed by atoms with Crippen LogP contribution in [0.4, 0.5) is 0 Å². The molecule has 1 fully saturated rings. The van der Waals surface area contributed by atoms with Crippen molar-refractivity contribution >= 4 is 11.8 Å². The van der Waals surface area contributed by atoms with Gasteiger partial charge in [0.2, 0.25) is 11.8 Å². The van der Waals surface area contributed by atoms with Crippen molar-refractivity contribution < 1.29 is 9.59 Å². The van der Waals surface area contributed by atoms with Crippen molar-refractivity contribution in [3.8, 4) is 0 Å². The Morgan fingerprint density at radius 2 is 1.96 bits per heavy atom. The number of piperidine rings is 1. The molecule has 2 aromatic rings. The van der Waals surface area contributed by atoms with Crippen LogP contribution in [0, 0.1) is 0 Å². The average molecular weight is 342 g/mol. The number of carbonyl (C=O) groups excluding carboxylic acids is 2. The average Bonchev–Trinajstić information content (AvgIpc) is 3.13. The molecule has 3 rings (SSSR count). The maximum Gasteiger partial charge on any atom is 0.240 e. The Morgan fingerprint density at radius 3 is 2.64 bits per heavy atom. The minimum Gasteiger partial charge on any atom is -0.349 e. The molecule has 3 heterocycles. The molecule has 0 aromatic carbocycles. The fraction of sp³-hybridized carbons (Fsp3) is 0.471. The second-order valence-corrected chi connectivity index (χ2v) is 6.18. The van der Waals surface area contributed by atoms with Crippen LogP contribution in [0.25, 0.3) is 0 Å². The first-order valence-electron chi connectivity index (χ1n) is 8.41. The van der Waals surface area contributed by atoms with Crippen LogP contribution in [0.2, 0.25) is 0 Å². The van der Waals surface area contributed by atoms with Crippen molar-refractivity contribution in [2.45, 2.75) is 38.8 Å². The topological polar surface area (TPSA) is 93.0 Å². The summed E-state index contributed by atoms with van der Waals surface area (Å²) in [5.74, 6) is 0.287. The molecule has 2 aromatic heterocycles. The van der Waals surface area contributed by atoms with E-state index >= 15 is 0 Å². The van der Waals surface area contributed by atoms with E-state index in [1.807, 2.05) is 4.90 Å². The van der Waals surface area contributed by atoms with Gasteiger partial charge in [0.15, 0.2) is 0 Å². The highest BCUT2D eigenvalue weighted by molar-refractivity contribution is 5.75. The molecule has 0 radical (unpaired) electrons. The number of nitrogens with zero attached hydrogens (tertiary/aromatic N) is 5. The molecule has 0 atom stereocenters. The van der Waals surface area contributed by atoms with Crippen molar-refractivity contribution in [3.63, 3.8) is 0 Å². The highest BCUT2D eigenvalue weighted by Crippen LogP contribution is 2.28. The molecule has 1 N–H and O–H groups in total. The summed E-state index contributed by atoms with van der Waals surface area (Å²) in [6.07, 6.45) is 10.1. The third-order valence-electron chi connectivity index (χ3n) is 4.47.